The molecule has 0 amide bonds. The van der Waals surface area contributed by atoms with E-state index in [0.29, 0.717) is 10.5 Å². The second-order valence-corrected chi connectivity index (χ2v) is 10.3. The van der Waals surface area contributed by atoms with Gasteiger partial charge in [-0.25, -0.2) is 14.4 Å². The minimum absolute atomic E-state index is 0.150. The molecule has 0 saturated carbocycles. The van der Waals surface area contributed by atoms with Gasteiger partial charge in [0.2, 0.25) is 11.5 Å². The first kappa shape index (κ1) is 30.6. The highest BCUT2D eigenvalue weighted by atomic mass is 32.1. The van der Waals surface area contributed by atoms with Gasteiger partial charge in [-0.2, -0.15) is 0 Å². The van der Waals surface area contributed by atoms with Crippen molar-refractivity contribution in [3.05, 3.63) is 123 Å². The predicted molar refractivity (Wildman–Crippen MR) is 160 cm³/mol. The fourth-order valence-corrected chi connectivity index (χ4v) is 5.53. The minimum atomic E-state index is -1.15. The molecule has 45 heavy (non-hydrogen) atoms. The van der Waals surface area contributed by atoms with E-state index in [-0.39, 0.29) is 28.1 Å². The van der Waals surface area contributed by atoms with Gasteiger partial charge in [-0.15, -0.1) is 0 Å². The van der Waals surface area contributed by atoms with Crippen LogP contribution in [0.4, 0.5) is 0 Å². The molecule has 12 nitrogen and oxygen atoms in total. The van der Waals surface area contributed by atoms with Crippen molar-refractivity contribution in [1.82, 2.24) is 9.90 Å². The van der Waals surface area contributed by atoms with Crippen LogP contribution < -0.4 is 15.2 Å². The number of carbonyl (C=O) groups is 3. The first-order valence-electron chi connectivity index (χ1n) is 13.3. The van der Waals surface area contributed by atoms with Gasteiger partial charge in [0.05, 0.1) is 25.7 Å². The number of thiazole rings is 1. The second-order valence-electron chi connectivity index (χ2n) is 9.36. The van der Waals surface area contributed by atoms with E-state index in [1.807, 2.05) is 0 Å². The summed E-state index contributed by atoms with van der Waals surface area (Å²) >= 11 is 1.33. The Morgan fingerprint density at radius 3 is 2.22 bits per heavy atom. The van der Waals surface area contributed by atoms with E-state index in [1.165, 1.54) is 32.7 Å². The number of hydrogen-bond acceptors (Lipinski definition) is 11. The van der Waals surface area contributed by atoms with Crippen molar-refractivity contribution in [1.29, 1.82) is 0 Å². The third-order valence-electron chi connectivity index (χ3n) is 6.78. The number of ketones is 1. The van der Waals surface area contributed by atoms with Crippen molar-refractivity contribution in [3.8, 4) is 11.3 Å². The summed E-state index contributed by atoms with van der Waals surface area (Å²) in [5.41, 5.74) is -2.42. The molecule has 0 atom stereocenters. The molecule has 5 rings (SSSR count). The summed E-state index contributed by atoms with van der Waals surface area (Å²) in [6, 6.07) is 17.0. The van der Waals surface area contributed by atoms with Crippen molar-refractivity contribution in [2.45, 2.75) is 6.92 Å². The van der Waals surface area contributed by atoms with Crippen LogP contribution in [0.1, 0.15) is 32.0 Å². The van der Waals surface area contributed by atoms with Crippen LogP contribution in [0.5, 0.6) is 0 Å². The summed E-state index contributed by atoms with van der Waals surface area (Å²) in [7, 11) is 3.20. The molecule has 0 radical (unpaired) electrons. The van der Waals surface area contributed by atoms with Gasteiger partial charge in [0.1, 0.15) is 22.7 Å². The molecule has 0 spiro atoms. The van der Waals surface area contributed by atoms with E-state index < -0.39 is 46.0 Å². The summed E-state index contributed by atoms with van der Waals surface area (Å²) in [5.74, 6) is -4.29. The Labute approximate surface area is 259 Å². The van der Waals surface area contributed by atoms with Gasteiger partial charge in [0.25, 0.3) is 4.83 Å². The first-order chi connectivity index (χ1) is 21.7. The van der Waals surface area contributed by atoms with Crippen LogP contribution in [0, 0.1) is 6.92 Å². The second kappa shape index (κ2) is 12.8. The summed E-state index contributed by atoms with van der Waals surface area (Å²) in [6.45, 7) is 1.68. The van der Waals surface area contributed by atoms with E-state index in [9.17, 15) is 24.3 Å². The van der Waals surface area contributed by atoms with Crippen molar-refractivity contribution >= 4 is 45.2 Å². The lowest BCUT2D eigenvalue weighted by Gasteiger charge is -2.23. The number of ether oxygens (including phenoxy) is 3. The van der Waals surface area contributed by atoms with E-state index >= 15 is 0 Å². The number of aromatic nitrogens is 3. The average molecular weight is 628 g/mol. The molecule has 0 fully saturated rings. The summed E-state index contributed by atoms with van der Waals surface area (Å²) in [4.78, 5) is 54.9. The summed E-state index contributed by atoms with van der Waals surface area (Å²) < 4.78 is 23.6. The first-order valence-corrected chi connectivity index (χ1v) is 14.1. The largest absolute Gasteiger partial charge is 0.616 e. The molecular formula is C32H25N3O9S. The molecule has 0 saturated heterocycles. The number of benzene rings is 2. The zero-order chi connectivity index (χ0) is 32.2. The topological polar surface area (TPSA) is 154 Å². The van der Waals surface area contributed by atoms with Gasteiger partial charge in [-0.3, -0.25) is 4.79 Å². The smallest absolute Gasteiger partial charge is 0.343 e. The molecule has 0 aliphatic rings. The lowest BCUT2D eigenvalue weighted by atomic mass is 9.88. The van der Waals surface area contributed by atoms with Gasteiger partial charge >= 0.3 is 17.6 Å². The third kappa shape index (κ3) is 5.63. The maximum Gasteiger partial charge on any atom is 0.343 e. The van der Waals surface area contributed by atoms with Crippen LogP contribution in [0.25, 0.3) is 27.4 Å². The number of allylic oxidation sites excluding steroid dienone is 1. The van der Waals surface area contributed by atoms with E-state index in [2.05, 4.69) is 5.21 Å². The molecule has 0 bridgehead atoms. The highest BCUT2D eigenvalue weighted by Gasteiger charge is 2.38. The van der Waals surface area contributed by atoms with Gasteiger partial charge in [0.15, 0.2) is 5.69 Å². The minimum Gasteiger partial charge on any atom is -0.616 e. The molecule has 0 unspecified atom stereocenters. The number of fused-ring (bicyclic) bond motifs is 1. The molecule has 0 aliphatic heterocycles. The lowest BCUT2D eigenvalue weighted by molar-refractivity contribution is -0.579. The lowest BCUT2D eigenvalue weighted by Crippen LogP contribution is -2.27. The molecule has 13 heteroatoms. The van der Waals surface area contributed by atoms with E-state index in [4.69, 9.17) is 18.6 Å². The number of methoxy groups -OCH3 is 3. The van der Waals surface area contributed by atoms with Gasteiger partial charge < -0.3 is 23.7 Å². The molecule has 2 aromatic carbocycles. The predicted octanol–water partition coefficient (Wildman–Crippen LogP) is 3.04. The Bertz CT molecular complexity index is 2060. The van der Waals surface area contributed by atoms with Crippen LogP contribution in [-0.4, -0.2) is 48.9 Å². The molecule has 3 aromatic heterocycles. The molecule has 228 valence electrons. The summed E-state index contributed by atoms with van der Waals surface area (Å²) in [6.07, 6.45) is 1.66. The van der Waals surface area contributed by atoms with Gasteiger partial charge in [-0.05, 0) is 7.11 Å². The van der Waals surface area contributed by atoms with E-state index in [0.717, 1.165) is 27.4 Å². The van der Waals surface area contributed by atoms with Crippen molar-refractivity contribution < 1.29 is 42.6 Å². The standard InChI is InChI=1S/C32H25N3O9S/c1-18-29-34(15-16-45-29)33-35(18)26(27(37)19-11-7-5-8-12-19)25(32(40)43-4)24(31(39)42-3)23-21(30(38)41-2)17-22(36)44-28(23)20-13-9-6-10-14-20/h5-17H,1-4H3. The SMILES string of the molecule is COC(=O)C(/C(=C(/[O-])OC)c1c(C(=O)OC)cc(=O)oc1-c1ccccc1)=C(\C(=O)c1ccccc1)n1n[n+]2ccsc2c1C. The Hall–Kier alpha value is -5.82. The number of nitrogens with zero attached hydrogens (tertiary/aromatic N) is 3. The highest BCUT2D eigenvalue weighted by molar-refractivity contribution is 7.15. The Kier molecular flexibility index (Phi) is 8.72. The van der Waals surface area contributed by atoms with Crippen molar-refractivity contribution in [2.24, 2.45) is 0 Å². The fourth-order valence-electron chi connectivity index (χ4n) is 4.76. The Morgan fingerprint density at radius 1 is 0.956 bits per heavy atom. The number of esters is 2. The van der Waals surface area contributed by atoms with Crippen LogP contribution >= 0.6 is 11.3 Å². The zero-order valence-corrected chi connectivity index (χ0v) is 25.2. The van der Waals surface area contributed by atoms with Crippen LogP contribution in [0.15, 0.2) is 99.0 Å². The van der Waals surface area contributed by atoms with Gasteiger partial charge in [0, 0.05) is 40.6 Å². The number of Topliss-reactive ketones (excluding diaryl/α,β-unsaturated/α-hetero) is 1. The number of aryl methyl sites for hydroxylation is 1. The molecule has 5 aromatic rings. The van der Waals surface area contributed by atoms with Crippen LogP contribution in [0.3, 0.4) is 0 Å². The Balaban J connectivity index is 2.02. The maximum atomic E-state index is 14.4. The van der Waals surface area contributed by atoms with Crippen LogP contribution in [-0.2, 0) is 19.0 Å². The monoisotopic (exact) mass is 627 g/mol. The Morgan fingerprint density at radius 2 is 1.62 bits per heavy atom. The number of rotatable bonds is 9. The van der Waals surface area contributed by atoms with Crippen molar-refractivity contribution in [2.75, 3.05) is 21.3 Å². The van der Waals surface area contributed by atoms with Crippen molar-refractivity contribution in [3.63, 3.8) is 0 Å². The average Bonchev–Trinajstić information content (AvgIpc) is 3.66. The highest BCUT2D eigenvalue weighted by Crippen LogP contribution is 2.39. The quantitative estimate of drug-likeness (QED) is 0.0595. The normalized spacial score (nSPS) is 12.3. The number of hydrogen-bond donors (Lipinski definition) is 0. The molecule has 3 heterocycles. The molecule has 0 aliphatic carbocycles. The zero-order valence-electron chi connectivity index (χ0n) is 24.4. The summed E-state index contributed by atoms with van der Waals surface area (Å²) in [5, 5.41) is 20.2. The molecular weight excluding hydrogens is 602 g/mol. The fraction of sp³-hybridized carbons (Fsp3) is 0.125. The van der Waals surface area contributed by atoms with E-state index in [1.54, 1.807) is 67.0 Å². The maximum absolute atomic E-state index is 14.4. The van der Waals surface area contributed by atoms with Crippen LogP contribution in [0.2, 0.25) is 0 Å². The van der Waals surface area contributed by atoms with Gasteiger partial charge in [-0.1, -0.05) is 81.2 Å². The third-order valence-corrected chi connectivity index (χ3v) is 7.75. The number of carbonyl (C=O) groups excluding carboxylic acids is 3. The molecule has 0 N–H and O–H groups in total.